The van der Waals surface area contributed by atoms with Gasteiger partial charge in [0.1, 0.15) is 0 Å². The standard InChI is InChI=1S/C22H17BF10/c1-6-8-4-7(22(8,2)3)5-9(6)23(10-12(24)16(28)20(32)17(29)13(10)25)11-14(26)18(30)21(33)19(31)15(11)27/h6-9H,4-5H2,1-3H3. The summed E-state index contributed by atoms with van der Waals surface area (Å²) in [6.45, 7) is 3.10. The van der Waals surface area contributed by atoms with Crippen molar-refractivity contribution in [2.45, 2.75) is 39.4 Å². The Hall–Kier alpha value is -2.20. The van der Waals surface area contributed by atoms with E-state index in [2.05, 4.69) is 0 Å². The molecule has 0 aromatic heterocycles. The summed E-state index contributed by atoms with van der Waals surface area (Å²) in [7, 11) is 0. The number of rotatable bonds is 3. The van der Waals surface area contributed by atoms with E-state index in [1.807, 2.05) is 13.8 Å². The van der Waals surface area contributed by atoms with Gasteiger partial charge in [0.05, 0.1) is 0 Å². The van der Waals surface area contributed by atoms with Gasteiger partial charge in [-0.1, -0.05) is 27.2 Å². The van der Waals surface area contributed by atoms with Gasteiger partial charge in [0, 0.05) is 10.9 Å². The molecule has 0 N–H and O–H groups in total. The lowest BCUT2D eigenvalue weighted by atomic mass is 9.25. The summed E-state index contributed by atoms with van der Waals surface area (Å²) in [6.07, 6.45) is 0.694. The topological polar surface area (TPSA) is 0 Å². The molecule has 178 valence electrons. The van der Waals surface area contributed by atoms with Crippen LogP contribution < -0.4 is 10.9 Å². The summed E-state index contributed by atoms with van der Waals surface area (Å²) in [5.41, 5.74) is -3.48. The average molecular weight is 482 g/mol. The minimum Gasteiger partial charge on any atom is -0.204 e. The van der Waals surface area contributed by atoms with Crippen LogP contribution in [0.1, 0.15) is 33.6 Å². The minimum atomic E-state index is -2.49. The zero-order valence-corrected chi connectivity index (χ0v) is 17.6. The van der Waals surface area contributed by atoms with Gasteiger partial charge in [0.2, 0.25) is 6.71 Å². The van der Waals surface area contributed by atoms with Crippen LogP contribution in [0.4, 0.5) is 43.9 Å². The zero-order valence-electron chi connectivity index (χ0n) is 17.6. The molecule has 4 unspecified atom stereocenters. The predicted molar refractivity (Wildman–Crippen MR) is 100 cm³/mol. The second-order valence-corrected chi connectivity index (χ2v) is 9.56. The van der Waals surface area contributed by atoms with E-state index in [-0.39, 0.29) is 23.7 Å². The van der Waals surface area contributed by atoms with Gasteiger partial charge in [-0.25, -0.2) is 43.9 Å². The van der Waals surface area contributed by atoms with Crippen molar-refractivity contribution in [3.8, 4) is 0 Å². The highest BCUT2D eigenvalue weighted by Crippen LogP contribution is 2.65. The lowest BCUT2D eigenvalue weighted by molar-refractivity contribution is -0.0987. The molecule has 4 atom stereocenters. The number of halogens is 10. The Morgan fingerprint density at radius 2 is 0.909 bits per heavy atom. The van der Waals surface area contributed by atoms with Crippen molar-refractivity contribution in [3.05, 3.63) is 58.2 Å². The van der Waals surface area contributed by atoms with E-state index in [0.717, 1.165) is 0 Å². The second-order valence-electron chi connectivity index (χ2n) is 9.56. The van der Waals surface area contributed by atoms with E-state index in [1.54, 1.807) is 6.92 Å². The molecule has 0 nitrogen and oxygen atoms in total. The van der Waals surface area contributed by atoms with Crippen LogP contribution in [0.2, 0.25) is 5.82 Å². The number of benzene rings is 2. The van der Waals surface area contributed by atoms with E-state index < -0.39 is 87.5 Å². The molecule has 3 fully saturated rings. The second kappa shape index (κ2) is 7.66. The summed E-state index contributed by atoms with van der Waals surface area (Å²) in [6, 6.07) is 0. The van der Waals surface area contributed by atoms with Crippen LogP contribution in [0.3, 0.4) is 0 Å². The van der Waals surface area contributed by atoms with Crippen LogP contribution in [0, 0.1) is 81.3 Å². The first-order valence-corrected chi connectivity index (χ1v) is 10.3. The van der Waals surface area contributed by atoms with Crippen molar-refractivity contribution < 1.29 is 43.9 Å². The Morgan fingerprint density at radius 1 is 0.576 bits per heavy atom. The van der Waals surface area contributed by atoms with Gasteiger partial charge in [-0.15, -0.1) is 0 Å². The van der Waals surface area contributed by atoms with Gasteiger partial charge < -0.3 is 0 Å². The predicted octanol–water partition coefficient (Wildman–Crippen LogP) is 5.76. The Kier molecular flexibility index (Phi) is 5.56. The molecule has 11 heteroatoms. The third-order valence-electron chi connectivity index (χ3n) is 7.95. The fourth-order valence-electron chi connectivity index (χ4n) is 5.99. The molecule has 33 heavy (non-hydrogen) atoms. The largest absolute Gasteiger partial charge is 0.228 e. The van der Waals surface area contributed by atoms with E-state index in [1.165, 1.54) is 0 Å². The molecule has 2 aromatic rings. The quantitative estimate of drug-likeness (QED) is 0.226. The normalized spacial score (nSPS) is 25.7. The van der Waals surface area contributed by atoms with Gasteiger partial charge in [0.15, 0.2) is 58.2 Å². The lowest BCUT2D eigenvalue weighted by Crippen LogP contribution is -2.62. The highest BCUT2D eigenvalue weighted by molar-refractivity contribution is 6.86. The SMILES string of the molecule is CC1C(B(c2c(F)c(F)c(F)c(F)c2F)c2c(F)c(F)c(F)c(F)c2F)CC2CC1C2(C)C. The van der Waals surface area contributed by atoms with Gasteiger partial charge in [-0.3, -0.25) is 0 Å². The van der Waals surface area contributed by atoms with Gasteiger partial charge in [0.25, 0.3) is 0 Å². The molecule has 5 rings (SSSR count). The monoisotopic (exact) mass is 482 g/mol. The fraction of sp³-hybridized carbons (Fsp3) is 0.455. The van der Waals surface area contributed by atoms with Gasteiger partial charge in [-0.05, 0) is 35.4 Å². The molecule has 0 spiro atoms. The highest BCUT2D eigenvalue weighted by atomic mass is 19.2. The van der Waals surface area contributed by atoms with Crippen LogP contribution in [0.15, 0.2) is 0 Å². The van der Waals surface area contributed by atoms with E-state index >= 15 is 0 Å². The number of hydrogen-bond acceptors (Lipinski definition) is 0. The lowest BCUT2D eigenvalue weighted by Gasteiger charge is -2.63. The first-order chi connectivity index (χ1) is 15.2. The molecule has 3 aliphatic rings. The summed E-state index contributed by atoms with van der Waals surface area (Å²) in [5.74, 6) is -26.0. The van der Waals surface area contributed by atoms with Crippen LogP contribution in [-0.2, 0) is 0 Å². The molecule has 0 amide bonds. The number of hydrogen-bond donors (Lipinski definition) is 0. The average Bonchev–Trinajstić information content (AvgIpc) is 2.77. The summed E-state index contributed by atoms with van der Waals surface area (Å²) in [5, 5.41) is 0. The Morgan fingerprint density at radius 3 is 1.21 bits per heavy atom. The molecule has 0 saturated heterocycles. The van der Waals surface area contributed by atoms with Crippen LogP contribution in [0.5, 0.6) is 0 Å². The maximum absolute atomic E-state index is 14.8. The molecule has 0 radical (unpaired) electrons. The maximum Gasteiger partial charge on any atom is 0.228 e. The van der Waals surface area contributed by atoms with Crippen molar-refractivity contribution in [2.24, 2.45) is 23.2 Å². The Labute approximate surface area is 183 Å². The summed E-state index contributed by atoms with van der Waals surface area (Å²) < 4.78 is 143. The van der Waals surface area contributed by atoms with Crippen molar-refractivity contribution in [2.75, 3.05) is 0 Å². The zero-order chi connectivity index (χ0) is 24.7. The third kappa shape index (κ3) is 3.13. The van der Waals surface area contributed by atoms with E-state index in [4.69, 9.17) is 0 Å². The third-order valence-corrected chi connectivity index (χ3v) is 7.95. The Balaban J connectivity index is 2.04. The summed E-state index contributed by atoms with van der Waals surface area (Å²) >= 11 is 0. The first-order valence-electron chi connectivity index (χ1n) is 10.3. The van der Waals surface area contributed by atoms with Crippen molar-refractivity contribution >= 4 is 17.6 Å². The van der Waals surface area contributed by atoms with Crippen molar-refractivity contribution in [1.82, 2.24) is 0 Å². The van der Waals surface area contributed by atoms with E-state index in [0.29, 0.717) is 6.42 Å². The summed E-state index contributed by atoms with van der Waals surface area (Å²) in [4.78, 5) is 0. The van der Waals surface area contributed by atoms with Gasteiger partial charge in [-0.2, -0.15) is 0 Å². The smallest absolute Gasteiger partial charge is 0.204 e. The van der Waals surface area contributed by atoms with Crippen LogP contribution in [-0.4, -0.2) is 6.71 Å². The molecule has 0 aliphatic heterocycles. The van der Waals surface area contributed by atoms with Crippen LogP contribution in [0.25, 0.3) is 0 Å². The van der Waals surface area contributed by atoms with E-state index in [9.17, 15) is 43.9 Å². The van der Waals surface area contributed by atoms with Crippen molar-refractivity contribution in [1.29, 1.82) is 0 Å². The molecule has 3 saturated carbocycles. The number of fused-ring (bicyclic) bond motifs is 2. The fourth-order valence-corrected chi connectivity index (χ4v) is 5.99. The van der Waals surface area contributed by atoms with Gasteiger partial charge >= 0.3 is 0 Å². The van der Waals surface area contributed by atoms with Crippen molar-refractivity contribution in [3.63, 3.8) is 0 Å². The molecule has 0 heterocycles. The van der Waals surface area contributed by atoms with Crippen LogP contribution >= 0.6 is 0 Å². The first kappa shape index (κ1) is 23.9. The highest BCUT2D eigenvalue weighted by Gasteiger charge is 2.59. The molecule has 2 bridgehead atoms. The molecular formula is C22H17BF10. The molecule has 3 aliphatic carbocycles. The molecule has 2 aromatic carbocycles. The minimum absolute atomic E-state index is 0.0360. The Bertz CT molecular complexity index is 1030. The maximum atomic E-state index is 14.8. The molecular weight excluding hydrogens is 465 g/mol.